The van der Waals surface area contributed by atoms with Crippen LogP contribution in [0.4, 0.5) is 0 Å². The monoisotopic (exact) mass is 295 g/mol. The van der Waals surface area contributed by atoms with Gasteiger partial charge in [-0.1, -0.05) is 25.5 Å². The van der Waals surface area contributed by atoms with Crippen LogP contribution in [0, 0.1) is 17.8 Å². The Morgan fingerprint density at radius 1 is 1.09 bits per heavy atom. The van der Waals surface area contributed by atoms with E-state index >= 15 is 0 Å². The first-order valence-electron chi connectivity index (χ1n) is 9.24. The molecule has 4 aliphatic rings. The summed E-state index contributed by atoms with van der Waals surface area (Å²) in [5.41, 5.74) is 4.19. The second-order valence-electron chi connectivity index (χ2n) is 8.28. The van der Waals surface area contributed by atoms with Crippen molar-refractivity contribution in [2.24, 2.45) is 17.8 Å². The van der Waals surface area contributed by atoms with Crippen LogP contribution < -0.4 is 0 Å². The molecule has 1 nitrogen and oxygen atoms in total. The minimum absolute atomic E-state index is 0.394. The molecule has 4 aliphatic carbocycles. The van der Waals surface area contributed by atoms with Gasteiger partial charge >= 0.3 is 0 Å². The number of hydrogen-bond donors (Lipinski definition) is 0. The summed E-state index contributed by atoms with van der Waals surface area (Å²) in [7, 11) is 0. The van der Waals surface area contributed by atoms with E-state index in [1.807, 2.05) is 6.07 Å². The van der Waals surface area contributed by atoms with Gasteiger partial charge in [0.1, 0.15) is 0 Å². The van der Waals surface area contributed by atoms with Crippen LogP contribution in [0.1, 0.15) is 75.0 Å². The number of unbranched alkanes of at least 4 members (excludes halogenated alkanes) is 1. The normalized spacial score (nSPS) is 35.8. The van der Waals surface area contributed by atoms with Gasteiger partial charge in [0.15, 0.2) is 0 Å². The molecule has 0 atom stereocenters. The van der Waals surface area contributed by atoms with Crippen molar-refractivity contribution in [3.8, 4) is 0 Å². The fourth-order valence-corrected chi connectivity index (χ4v) is 6.16. The fourth-order valence-electron chi connectivity index (χ4n) is 6.16. The Bertz CT molecular complexity index is 536. The second kappa shape index (κ2) is 5.51. The Labute approximate surface area is 134 Å². The molecule has 0 saturated heterocycles. The highest BCUT2D eigenvalue weighted by Crippen LogP contribution is 2.61. The molecule has 0 spiro atoms. The number of hydrogen-bond acceptors (Lipinski definition) is 1. The Hall–Kier alpha value is -1.11. The zero-order valence-electron chi connectivity index (χ0n) is 13.7. The summed E-state index contributed by atoms with van der Waals surface area (Å²) in [4.78, 5) is 11.2. The van der Waals surface area contributed by atoms with Crippen molar-refractivity contribution in [2.45, 2.75) is 70.1 Å². The quantitative estimate of drug-likeness (QED) is 0.750. The molecule has 1 aromatic rings. The van der Waals surface area contributed by atoms with E-state index in [-0.39, 0.29) is 0 Å². The van der Waals surface area contributed by atoms with Crippen LogP contribution in [0.25, 0.3) is 0 Å². The van der Waals surface area contributed by atoms with E-state index < -0.39 is 0 Å². The van der Waals surface area contributed by atoms with Gasteiger partial charge in [0.05, 0.1) is 0 Å². The first kappa shape index (κ1) is 14.5. The molecule has 5 rings (SSSR count). The zero-order valence-corrected chi connectivity index (χ0v) is 13.7. The molecule has 0 amide bonds. The average molecular weight is 295 g/mol. The SMILES string of the molecule is CCCCc1ccc([C]=O)cc1C12CC3CC(CC(C3)C1)C2. The number of aryl methyl sites for hydroxylation is 1. The fraction of sp³-hybridized carbons (Fsp3) is 0.667. The highest BCUT2D eigenvalue weighted by molar-refractivity contribution is 5.76. The molecule has 4 saturated carbocycles. The van der Waals surface area contributed by atoms with E-state index in [4.69, 9.17) is 0 Å². The van der Waals surface area contributed by atoms with E-state index in [2.05, 4.69) is 25.3 Å². The summed E-state index contributed by atoms with van der Waals surface area (Å²) < 4.78 is 0. The molecule has 4 fully saturated rings. The molecular formula is C21H27O. The first-order chi connectivity index (χ1) is 10.7. The summed E-state index contributed by atoms with van der Waals surface area (Å²) in [6, 6.07) is 6.40. The van der Waals surface area contributed by atoms with Gasteiger partial charge in [0.2, 0.25) is 6.29 Å². The molecule has 4 bridgehead atoms. The van der Waals surface area contributed by atoms with E-state index in [1.54, 1.807) is 0 Å². The van der Waals surface area contributed by atoms with Crippen LogP contribution in [0.3, 0.4) is 0 Å². The molecule has 0 heterocycles. The average Bonchev–Trinajstić information content (AvgIpc) is 2.51. The number of rotatable bonds is 5. The Morgan fingerprint density at radius 3 is 2.27 bits per heavy atom. The lowest BCUT2D eigenvalue weighted by Crippen LogP contribution is -2.49. The lowest BCUT2D eigenvalue weighted by molar-refractivity contribution is -0.00559. The van der Waals surface area contributed by atoms with Gasteiger partial charge in [0, 0.05) is 5.56 Å². The molecule has 1 radical (unpaired) electrons. The highest BCUT2D eigenvalue weighted by atomic mass is 16.1. The third kappa shape index (κ3) is 2.33. The maximum Gasteiger partial charge on any atom is 0.233 e. The predicted molar refractivity (Wildman–Crippen MR) is 89.7 cm³/mol. The molecule has 1 heteroatoms. The third-order valence-electron chi connectivity index (χ3n) is 6.64. The van der Waals surface area contributed by atoms with Crippen molar-refractivity contribution in [2.75, 3.05) is 0 Å². The van der Waals surface area contributed by atoms with Crippen molar-refractivity contribution < 1.29 is 4.79 Å². The van der Waals surface area contributed by atoms with E-state index in [1.165, 1.54) is 68.9 Å². The number of carbonyl (C=O) groups excluding carboxylic acids is 1. The Kier molecular flexibility index (Phi) is 3.63. The van der Waals surface area contributed by atoms with E-state index in [0.29, 0.717) is 5.41 Å². The zero-order chi connectivity index (χ0) is 15.2. The maximum atomic E-state index is 11.2. The highest BCUT2D eigenvalue weighted by Gasteiger charge is 2.52. The molecule has 0 aromatic heterocycles. The van der Waals surface area contributed by atoms with Crippen LogP contribution >= 0.6 is 0 Å². The van der Waals surface area contributed by atoms with Crippen LogP contribution in [-0.4, -0.2) is 6.29 Å². The predicted octanol–water partition coefficient (Wildman–Crippen LogP) is 4.95. The third-order valence-corrected chi connectivity index (χ3v) is 6.64. The van der Waals surface area contributed by atoms with Crippen molar-refractivity contribution in [3.63, 3.8) is 0 Å². The van der Waals surface area contributed by atoms with Gasteiger partial charge in [-0.2, -0.15) is 0 Å². The van der Waals surface area contributed by atoms with Crippen LogP contribution in [0.2, 0.25) is 0 Å². The van der Waals surface area contributed by atoms with E-state index in [0.717, 1.165) is 23.3 Å². The Morgan fingerprint density at radius 2 is 1.73 bits per heavy atom. The lowest BCUT2D eigenvalue weighted by Gasteiger charge is -2.57. The van der Waals surface area contributed by atoms with E-state index in [9.17, 15) is 4.79 Å². The largest absolute Gasteiger partial charge is 0.285 e. The van der Waals surface area contributed by atoms with Crippen molar-refractivity contribution in [1.29, 1.82) is 0 Å². The van der Waals surface area contributed by atoms with Gasteiger partial charge in [-0.25, -0.2) is 0 Å². The maximum absolute atomic E-state index is 11.2. The van der Waals surface area contributed by atoms with Gasteiger partial charge in [-0.3, -0.25) is 4.79 Å². The van der Waals surface area contributed by atoms with Crippen molar-refractivity contribution >= 4 is 6.29 Å². The lowest BCUT2D eigenvalue weighted by atomic mass is 9.47. The summed E-state index contributed by atoms with van der Waals surface area (Å²) in [6.45, 7) is 2.26. The minimum atomic E-state index is 0.394. The smallest absolute Gasteiger partial charge is 0.233 e. The summed E-state index contributed by atoms with van der Waals surface area (Å²) in [5, 5.41) is 0. The molecule has 1 aromatic carbocycles. The van der Waals surface area contributed by atoms with Gasteiger partial charge in [0.25, 0.3) is 0 Å². The van der Waals surface area contributed by atoms with Gasteiger partial charge in [-0.05, 0) is 91.7 Å². The van der Waals surface area contributed by atoms with Crippen LogP contribution in [0.15, 0.2) is 18.2 Å². The Balaban J connectivity index is 1.75. The van der Waals surface area contributed by atoms with Crippen LogP contribution in [-0.2, 0) is 16.6 Å². The second-order valence-corrected chi connectivity index (χ2v) is 8.28. The topological polar surface area (TPSA) is 17.1 Å². The minimum Gasteiger partial charge on any atom is -0.285 e. The number of benzene rings is 1. The van der Waals surface area contributed by atoms with Gasteiger partial charge in [-0.15, -0.1) is 0 Å². The molecule has 0 aliphatic heterocycles. The summed E-state index contributed by atoms with van der Waals surface area (Å²) in [5.74, 6) is 2.86. The first-order valence-corrected chi connectivity index (χ1v) is 9.24. The van der Waals surface area contributed by atoms with Crippen molar-refractivity contribution in [3.05, 3.63) is 34.9 Å². The van der Waals surface area contributed by atoms with Crippen molar-refractivity contribution in [1.82, 2.24) is 0 Å². The van der Waals surface area contributed by atoms with Gasteiger partial charge < -0.3 is 0 Å². The summed E-state index contributed by atoms with van der Waals surface area (Å²) >= 11 is 0. The summed E-state index contributed by atoms with van der Waals surface area (Å²) in [6.07, 6.45) is 14.3. The molecule has 0 unspecified atom stereocenters. The molecule has 0 N–H and O–H groups in total. The standard InChI is InChI=1S/C21H27O/c1-2-3-4-19-6-5-15(14-22)10-20(19)21-11-16-7-17(12-21)9-18(8-16)13-21/h5-6,10,16-18H,2-4,7-9,11-13H2,1H3. The molecule has 22 heavy (non-hydrogen) atoms. The molecular weight excluding hydrogens is 268 g/mol. The van der Waals surface area contributed by atoms with Crippen LogP contribution in [0.5, 0.6) is 0 Å². The molecule has 117 valence electrons.